The molecule has 0 spiro atoms. The molecule has 0 aliphatic carbocycles. The minimum Gasteiger partial charge on any atom is -0.486 e. The van der Waals surface area contributed by atoms with Gasteiger partial charge in [-0.1, -0.05) is 170 Å². The van der Waals surface area contributed by atoms with Crippen LogP contribution in [0, 0.1) is 0 Å². The first-order chi connectivity index (χ1) is 28.2. The van der Waals surface area contributed by atoms with Crippen LogP contribution in [0.1, 0.15) is 5.56 Å². The maximum atomic E-state index is 6.39. The van der Waals surface area contributed by atoms with Crippen LogP contribution in [0.4, 0.5) is 22.7 Å². The van der Waals surface area contributed by atoms with Crippen molar-refractivity contribution >= 4 is 40.2 Å². The zero-order chi connectivity index (χ0) is 38.4. The van der Waals surface area contributed by atoms with Gasteiger partial charge in [0.2, 0.25) is 0 Å². The Balaban J connectivity index is 0.998. The molecule has 0 heterocycles. The Kier molecular flexibility index (Phi) is 9.94. The molecule has 0 aliphatic rings. The molecule has 57 heavy (non-hydrogen) atoms. The summed E-state index contributed by atoms with van der Waals surface area (Å²) in [6.45, 7) is 4.27. The largest absolute Gasteiger partial charge is 0.486 e. The fraction of sp³-hybridized carbons (Fsp3) is 0.0185. The third-order valence-corrected chi connectivity index (χ3v) is 10.5. The normalized spacial score (nSPS) is 10.9. The Morgan fingerprint density at radius 1 is 0.386 bits per heavy atom. The highest BCUT2D eigenvalue weighted by molar-refractivity contribution is 5.96. The van der Waals surface area contributed by atoms with E-state index < -0.39 is 0 Å². The summed E-state index contributed by atoms with van der Waals surface area (Å²) in [6.07, 6.45) is 0. The van der Waals surface area contributed by atoms with Crippen LogP contribution in [0.25, 0.3) is 55.3 Å². The van der Waals surface area contributed by atoms with Crippen molar-refractivity contribution in [3.63, 3.8) is 0 Å². The van der Waals surface area contributed by atoms with Gasteiger partial charge in [0.15, 0.2) is 5.75 Å². The van der Waals surface area contributed by atoms with E-state index in [4.69, 9.17) is 4.74 Å². The van der Waals surface area contributed by atoms with Crippen molar-refractivity contribution in [1.82, 2.24) is 0 Å². The Morgan fingerprint density at radius 2 is 0.754 bits per heavy atom. The monoisotopic (exact) mass is 732 g/mol. The minimum atomic E-state index is 0.457. The number of rotatable bonds is 11. The molecular weight excluding hydrogens is 693 g/mol. The van der Waals surface area contributed by atoms with Crippen molar-refractivity contribution in [2.24, 2.45) is 4.99 Å². The van der Waals surface area contributed by atoms with Crippen molar-refractivity contribution in [2.75, 3.05) is 4.90 Å². The first-order valence-corrected chi connectivity index (χ1v) is 19.2. The minimum absolute atomic E-state index is 0.457. The number of benzene rings is 9. The summed E-state index contributed by atoms with van der Waals surface area (Å²) in [5.74, 6) is 0.748. The number of nitrogens with zero attached hydrogens (tertiary/aromatic N) is 2. The molecule has 3 nitrogen and oxygen atoms in total. The lowest BCUT2D eigenvalue weighted by molar-refractivity contribution is 0.311. The number of ether oxygens (including phenoxy) is 1. The summed E-state index contributed by atoms with van der Waals surface area (Å²) < 4.78 is 6.39. The number of hydrogen-bond acceptors (Lipinski definition) is 3. The number of hydrogen-bond donors (Lipinski definition) is 0. The molecule has 0 radical (unpaired) electrons. The van der Waals surface area contributed by atoms with E-state index in [0.717, 1.165) is 67.1 Å². The molecule has 0 saturated heterocycles. The van der Waals surface area contributed by atoms with Crippen LogP contribution in [0.3, 0.4) is 0 Å². The van der Waals surface area contributed by atoms with Crippen molar-refractivity contribution in [3.8, 4) is 50.3 Å². The van der Waals surface area contributed by atoms with Gasteiger partial charge in [0, 0.05) is 22.4 Å². The summed E-state index contributed by atoms with van der Waals surface area (Å²) in [4.78, 5) is 6.60. The van der Waals surface area contributed by atoms with Crippen LogP contribution in [-0.4, -0.2) is 6.72 Å². The van der Waals surface area contributed by atoms with Gasteiger partial charge in [0.1, 0.15) is 12.3 Å². The molecule has 3 heteroatoms. The predicted octanol–water partition coefficient (Wildman–Crippen LogP) is 14.9. The molecule has 0 aliphatic heterocycles. The van der Waals surface area contributed by atoms with Gasteiger partial charge in [0.25, 0.3) is 0 Å². The van der Waals surface area contributed by atoms with Crippen molar-refractivity contribution in [2.45, 2.75) is 6.61 Å². The summed E-state index contributed by atoms with van der Waals surface area (Å²) in [7, 11) is 0. The van der Waals surface area contributed by atoms with Gasteiger partial charge in [-0.2, -0.15) is 0 Å². The maximum absolute atomic E-state index is 6.39. The quantitative estimate of drug-likeness (QED) is 0.124. The smallest absolute Gasteiger partial charge is 0.153 e. The van der Waals surface area contributed by atoms with Gasteiger partial charge in [-0.3, -0.25) is 4.99 Å². The van der Waals surface area contributed by atoms with E-state index >= 15 is 0 Å². The van der Waals surface area contributed by atoms with Crippen LogP contribution in [0.15, 0.2) is 223 Å². The van der Waals surface area contributed by atoms with Gasteiger partial charge in [-0.15, -0.1) is 0 Å². The van der Waals surface area contributed by atoms with E-state index in [1.165, 1.54) is 22.3 Å². The summed E-state index contributed by atoms with van der Waals surface area (Å²) in [6, 6.07) is 77.1. The molecule has 0 amide bonds. The van der Waals surface area contributed by atoms with E-state index in [1.807, 2.05) is 24.3 Å². The van der Waals surface area contributed by atoms with E-state index in [0.29, 0.717) is 6.61 Å². The van der Waals surface area contributed by atoms with Crippen molar-refractivity contribution in [1.29, 1.82) is 0 Å². The van der Waals surface area contributed by atoms with Gasteiger partial charge in [0.05, 0.1) is 0 Å². The predicted molar refractivity (Wildman–Crippen MR) is 240 cm³/mol. The van der Waals surface area contributed by atoms with Crippen LogP contribution < -0.4 is 9.64 Å². The first-order valence-electron chi connectivity index (χ1n) is 19.2. The lowest BCUT2D eigenvalue weighted by Gasteiger charge is -2.26. The Labute approximate surface area is 334 Å². The number of aliphatic imine (C=N–C) groups is 1. The molecule has 0 atom stereocenters. The van der Waals surface area contributed by atoms with Crippen LogP contribution >= 0.6 is 0 Å². The lowest BCUT2D eigenvalue weighted by Crippen LogP contribution is -2.09. The molecule has 0 aromatic heterocycles. The molecule has 0 unspecified atom stereocenters. The molecule has 0 fully saturated rings. The summed E-state index contributed by atoms with van der Waals surface area (Å²) in [5.41, 5.74) is 14.5. The van der Waals surface area contributed by atoms with E-state index in [1.54, 1.807) is 0 Å². The molecule has 272 valence electrons. The molecule has 0 saturated carbocycles. The molecule has 0 bridgehead atoms. The Hall–Kier alpha value is -7.49. The summed E-state index contributed by atoms with van der Waals surface area (Å²) in [5, 5.41) is 2.11. The lowest BCUT2D eigenvalue weighted by atomic mass is 9.97. The van der Waals surface area contributed by atoms with Crippen LogP contribution in [0.2, 0.25) is 0 Å². The first kappa shape index (κ1) is 35.2. The second kappa shape index (κ2) is 16.1. The average molecular weight is 733 g/mol. The van der Waals surface area contributed by atoms with Crippen LogP contribution in [-0.2, 0) is 6.61 Å². The van der Waals surface area contributed by atoms with Crippen molar-refractivity contribution in [3.05, 3.63) is 224 Å². The molecule has 9 aromatic rings. The third kappa shape index (κ3) is 7.60. The van der Waals surface area contributed by atoms with Gasteiger partial charge < -0.3 is 9.64 Å². The summed E-state index contributed by atoms with van der Waals surface area (Å²) >= 11 is 0. The molecule has 9 aromatic carbocycles. The Morgan fingerprint density at radius 3 is 1.21 bits per heavy atom. The Bertz CT molecular complexity index is 2660. The van der Waals surface area contributed by atoms with Gasteiger partial charge >= 0.3 is 0 Å². The van der Waals surface area contributed by atoms with E-state index in [9.17, 15) is 0 Å². The highest BCUT2D eigenvalue weighted by atomic mass is 16.5. The van der Waals surface area contributed by atoms with E-state index in [-0.39, 0.29) is 0 Å². The average Bonchev–Trinajstić information content (AvgIpc) is 3.30. The highest BCUT2D eigenvalue weighted by Crippen LogP contribution is 2.40. The molecule has 9 rings (SSSR count). The highest BCUT2D eigenvalue weighted by Gasteiger charge is 2.15. The standard InChI is InChI=1S/C54H40N2O/c1-55-53-36-29-47-21-22-48(37-52(47)54(53)57-38-39-11-5-2-6-12-39)46-19-17-42(18-20-46)45-27-34-51(35-28-45)56(49-30-23-43(24-31-49)40-13-7-3-8-14-40)50-32-25-44(26-33-50)41-15-9-4-10-16-41/h2-37H,1,38H2. The van der Waals surface area contributed by atoms with Crippen LogP contribution in [0.5, 0.6) is 5.75 Å². The zero-order valence-electron chi connectivity index (χ0n) is 31.5. The fourth-order valence-corrected chi connectivity index (χ4v) is 7.44. The number of fused-ring (bicyclic) bond motifs is 1. The topological polar surface area (TPSA) is 24.8 Å². The molecule has 0 N–H and O–H groups in total. The fourth-order valence-electron chi connectivity index (χ4n) is 7.44. The molecular formula is C54H40N2O. The second-order valence-electron chi connectivity index (χ2n) is 14.1. The van der Waals surface area contributed by atoms with Gasteiger partial charge in [-0.25, -0.2) is 0 Å². The zero-order valence-corrected chi connectivity index (χ0v) is 31.5. The van der Waals surface area contributed by atoms with E-state index in [2.05, 4.69) is 211 Å². The maximum Gasteiger partial charge on any atom is 0.153 e. The number of anilines is 3. The van der Waals surface area contributed by atoms with Crippen molar-refractivity contribution < 1.29 is 4.74 Å². The van der Waals surface area contributed by atoms with Gasteiger partial charge in [-0.05, 0) is 111 Å². The second-order valence-corrected chi connectivity index (χ2v) is 14.1. The third-order valence-electron chi connectivity index (χ3n) is 10.5. The SMILES string of the molecule is C=Nc1ccc2ccc(-c3ccc(-c4ccc(N(c5ccc(-c6ccccc6)cc5)c5ccc(-c6ccccc6)cc5)cc4)cc3)cc2c1OCc1ccccc1.